The van der Waals surface area contributed by atoms with E-state index >= 15 is 0 Å². The van der Waals surface area contributed by atoms with E-state index in [9.17, 15) is 44.7 Å². The first-order valence-electron chi connectivity index (χ1n) is 11.1. The minimum atomic E-state index is -4.76. The zero-order chi connectivity index (χ0) is 31.4. The molecule has 0 saturated carbocycles. The molecule has 0 aliphatic rings. The highest BCUT2D eigenvalue weighted by Gasteiger charge is 2.36. The Bertz CT molecular complexity index is 1140. The van der Waals surface area contributed by atoms with Crippen LogP contribution in [0.2, 0.25) is 0 Å². The fourth-order valence-corrected chi connectivity index (χ4v) is 2.95. The van der Waals surface area contributed by atoms with E-state index in [-0.39, 0.29) is 6.41 Å². The lowest BCUT2D eigenvalue weighted by molar-refractivity contribution is -0.179. The molecule has 2 aromatic carbocycles. The normalized spacial score (nSPS) is 11.6. The highest BCUT2D eigenvalue weighted by atomic mass is 19.4. The average Bonchev–Trinajstić information content (AvgIpc) is 2.82. The van der Waals surface area contributed by atoms with Crippen LogP contribution in [0.1, 0.15) is 38.8 Å². The highest BCUT2D eigenvalue weighted by Crippen LogP contribution is 2.34. The summed E-state index contributed by atoms with van der Waals surface area (Å²) in [5.41, 5.74) is -4.36. The van der Waals surface area contributed by atoms with Gasteiger partial charge in [0.05, 0.1) is 22.3 Å². The zero-order valence-corrected chi connectivity index (χ0v) is 22.7. The van der Waals surface area contributed by atoms with E-state index in [1.54, 1.807) is 28.3 Å². The molecule has 0 unspecified atom stereocenters. The van der Waals surface area contributed by atoms with Crippen LogP contribution in [0, 0.1) is 11.6 Å². The van der Waals surface area contributed by atoms with Crippen molar-refractivity contribution in [2.24, 2.45) is 0 Å². The molecule has 0 aliphatic carbocycles. The van der Waals surface area contributed by atoms with Crippen LogP contribution < -0.4 is 0 Å². The number of carbonyl (C=O) groups excluding carboxylic acids is 2. The third-order valence-corrected chi connectivity index (χ3v) is 4.59. The number of methoxy groups -OCH3 is 2. The predicted molar refractivity (Wildman–Crippen MR) is 131 cm³/mol. The molecule has 14 heteroatoms. The molecule has 2 aromatic rings. The van der Waals surface area contributed by atoms with Gasteiger partial charge in [-0.25, -0.2) is 8.78 Å². The van der Waals surface area contributed by atoms with Gasteiger partial charge < -0.3 is 14.4 Å². The molecule has 224 valence electrons. The molecule has 0 aliphatic heterocycles. The Kier molecular flexibility index (Phi) is 14.7. The maximum absolute atomic E-state index is 13.4. The molecule has 2 rings (SSSR count). The van der Waals surface area contributed by atoms with Crippen LogP contribution in [-0.2, 0) is 21.8 Å². The van der Waals surface area contributed by atoms with Crippen LogP contribution in [0.4, 0.5) is 35.1 Å². The van der Waals surface area contributed by atoms with E-state index in [1.807, 2.05) is 19.0 Å². The summed E-state index contributed by atoms with van der Waals surface area (Å²) in [4.78, 5) is 25.7. The quantitative estimate of drug-likeness (QED) is 0.165. The Labute approximate surface area is 226 Å². The topological polar surface area (TPSA) is 59.1 Å². The second kappa shape index (κ2) is 16.0. The monoisotopic (exact) mass is 586 g/mol. The van der Waals surface area contributed by atoms with Gasteiger partial charge in [-0.05, 0) is 45.3 Å². The molecule has 0 N–H and O–H groups in total. The molecule has 40 heavy (non-hydrogen) atoms. The lowest BCUT2D eigenvalue weighted by Gasteiger charge is -2.19. The molecule has 6 nitrogen and oxygen atoms in total. The summed E-state index contributed by atoms with van der Waals surface area (Å²) in [6.07, 6.45) is -7.53. The van der Waals surface area contributed by atoms with Gasteiger partial charge in [0.25, 0.3) is 0 Å². The molecule has 0 saturated heterocycles. The van der Waals surface area contributed by atoms with Gasteiger partial charge in [0.2, 0.25) is 6.41 Å². The van der Waals surface area contributed by atoms with Crippen LogP contribution in [0.25, 0.3) is 0 Å². The van der Waals surface area contributed by atoms with Gasteiger partial charge in [-0.1, -0.05) is 12.1 Å². The van der Waals surface area contributed by atoms with Gasteiger partial charge in [-0.3, -0.25) is 14.5 Å². The number of alkyl halides is 6. The molecule has 0 spiro atoms. The summed E-state index contributed by atoms with van der Waals surface area (Å²) in [5, 5.41) is 0. The molecule has 0 atom stereocenters. The van der Waals surface area contributed by atoms with Gasteiger partial charge >= 0.3 is 12.4 Å². The second-order valence-electron chi connectivity index (χ2n) is 8.26. The van der Waals surface area contributed by atoms with E-state index in [0.717, 1.165) is 37.3 Å². The summed E-state index contributed by atoms with van der Waals surface area (Å²) in [6.45, 7) is 0.896. The Morgan fingerprint density at radius 1 is 0.775 bits per heavy atom. The third-order valence-electron chi connectivity index (χ3n) is 4.59. The SMILES string of the molecule is CC(=O)c1c(F)cccc1C(F)(F)F.CN(C)/C=C/C(=O)c1c(F)cccc1C(F)(F)F.COC(OC)N(C)C. The second-order valence-corrected chi connectivity index (χ2v) is 8.26. The number of hydrogen-bond acceptors (Lipinski definition) is 6. The molecular weight excluding hydrogens is 556 g/mol. The largest absolute Gasteiger partial charge is 0.417 e. The van der Waals surface area contributed by atoms with Crippen molar-refractivity contribution in [1.29, 1.82) is 0 Å². The van der Waals surface area contributed by atoms with Crippen molar-refractivity contribution in [3.63, 3.8) is 0 Å². The highest BCUT2D eigenvalue weighted by molar-refractivity contribution is 6.05. The van der Waals surface area contributed by atoms with Crippen LogP contribution in [0.3, 0.4) is 0 Å². The van der Waals surface area contributed by atoms with Crippen molar-refractivity contribution in [1.82, 2.24) is 9.80 Å². The molecule has 0 amide bonds. The molecule has 0 heterocycles. The zero-order valence-electron chi connectivity index (χ0n) is 22.7. The number of Topliss-reactive ketones (excluding diaryl/α,β-unsaturated/α-hetero) is 1. The third kappa shape index (κ3) is 11.8. The number of ether oxygens (including phenoxy) is 2. The number of ketones is 2. The number of benzene rings is 2. The van der Waals surface area contributed by atoms with E-state index < -0.39 is 57.8 Å². The summed E-state index contributed by atoms with van der Waals surface area (Å²) in [5.74, 6) is -4.28. The van der Waals surface area contributed by atoms with Crippen LogP contribution in [0.15, 0.2) is 48.7 Å². The Morgan fingerprint density at radius 2 is 1.18 bits per heavy atom. The minimum Gasteiger partial charge on any atom is -0.383 e. The first-order valence-corrected chi connectivity index (χ1v) is 11.1. The Hall–Kier alpha value is -3.36. The minimum absolute atomic E-state index is 0.213. The van der Waals surface area contributed by atoms with Gasteiger partial charge in [-0.2, -0.15) is 26.3 Å². The van der Waals surface area contributed by atoms with E-state index in [1.165, 1.54) is 11.1 Å². The molecule has 0 bridgehead atoms. The molecule has 0 fully saturated rings. The van der Waals surface area contributed by atoms with Crippen LogP contribution >= 0.6 is 0 Å². The lowest BCUT2D eigenvalue weighted by atomic mass is 10.0. The smallest absolute Gasteiger partial charge is 0.383 e. The van der Waals surface area contributed by atoms with Crippen LogP contribution in [0.5, 0.6) is 0 Å². The van der Waals surface area contributed by atoms with Crippen molar-refractivity contribution >= 4 is 11.6 Å². The van der Waals surface area contributed by atoms with E-state index in [0.29, 0.717) is 12.1 Å². The lowest BCUT2D eigenvalue weighted by Crippen LogP contribution is -2.30. The number of hydrogen-bond donors (Lipinski definition) is 0. The van der Waals surface area contributed by atoms with Crippen molar-refractivity contribution in [2.75, 3.05) is 42.4 Å². The first kappa shape index (κ1) is 36.6. The van der Waals surface area contributed by atoms with Crippen molar-refractivity contribution < 1.29 is 54.2 Å². The number of halogens is 8. The summed E-state index contributed by atoms with van der Waals surface area (Å²) in [7, 11) is 10.2. The summed E-state index contributed by atoms with van der Waals surface area (Å²) >= 11 is 0. The number of allylic oxidation sites excluding steroid dienone is 1. The summed E-state index contributed by atoms with van der Waals surface area (Å²) < 4.78 is 111. The fraction of sp³-hybridized carbons (Fsp3) is 0.385. The van der Waals surface area contributed by atoms with Crippen molar-refractivity contribution in [3.05, 3.63) is 82.6 Å². The van der Waals surface area contributed by atoms with Gasteiger partial charge in [0.1, 0.15) is 11.6 Å². The summed E-state index contributed by atoms with van der Waals surface area (Å²) in [6, 6.07) is 4.85. The van der Waals surface area contributed by atoms with Gasteiger partial charge in [0, 0.05) is 40.6 Å². The maximum Gasteiger partial charge on any atom is 0.417 e. The van der Waals surface area contributed by atoms with Crippen molar-refractivity contribution in [2.45, 2.75) is 25.7 Å². The predicted octanol–water partition coefficient (Wildman–Crippen LogP) is 6.27. The Balaban J connectivity index is 0.000000614. The van der Waals surface area contributed by atoms with E-state index in [4.69, 9.17) is 9.47 Å². The van der Waals surface area contributed by atoms with E-state index in [2.05, 4.69) is 0 Å². The maximum atomic E-state index is 13.4. The fourth-order valence-electron chi connectivity index (χ4n) is 2.95. The molecular formula is C26H30F8N2O4. The number of rotatable bonds is 7. The first-order chi connectivity index (χ1) is 18.3. The Morgan fingerprint density at radius 3 is 1.45 bits per heavy atom. The standard InChI is InChI=1S/C12H11F4NO.C9H6F4O.C5H13NO2/c1-17(2)7-6-10(18)11-8(12(14,15)16)4-3-5-9(11)13;1-5(14)8-6(9(11,12)13)3-2-4-7(8)10;1-6(2)5(7-3)8-4/h3-7H,1-2H3;2-4H,1H3;5H,1-4H3/b7-6+;;. The van der Waals surface area contributed by atoms with Crippen LogP contribution in [-0.4, -0.2) is 70.2 Å². The molecule has 0 radical (unpaired) electrons. The van der Waals surface area contributed by atoms with Crippen molar-refractivity contribution in [3.8, 4) is 0 Å². The number of carbonyl (C=O) groups is 2. The molecule has 0 aromatic heterocycles. The average molecular weight is 587 g/mol. The van der Waals surface area contributed by atoms with Gasteiger partial charge in [-0.15, -0.1) is 0 Å². The van der Waals surface area contributed by atoms with Gasteiger partial charge in [0.15, 0.2) is 11.6 Å². The number of nitrogens with zero attached hydrogens (tertiary/aromatic N) is 2.